The Balaban J connectivity index is 2.48. The second kappa shape index (κ2) is 5.80. The Kier molecular flexibility index (Phi) is 4.68. The van der Waals surface area contributed by atoms with E-state index in [0.29, 0.717) is 17.1 Å². The standard InChI is InChI=1S/C12H17FN2S/c1-8(2)9(3)14-12(16)15-11-6-4-10(13)5-7-11/h4-9H,1-3H3,(H2,14,15,16)/t9-/m1/s1. The normalized spacial score (nSPS) is 12.3. The minimum atomic E-state index is -0.250. The summed E-state index contributed by atoms with van der Waals surface area (Å²) >= 11 is 5.15. The molecule has 0 aliphatic heterocycles. The van der Waals surface area contributed by atoms with Crippen molar-refractivity contribution < 1.29 is 4.39 Å². The lowest BCUT2D eigenvalue weighted by Crippen LogP contribution is -2.38. The van der Waals surface area contributed by atoms with Crippen LogP contribution in [0.2, 0.25) is 0 Å². The molecule has 1 atom stereocenters. The predicted molar refractivity (Wildman–Crippen MR) is 70.1 cm³/mol. The van der Waals surface area contributed by atoms with E-state index in [1.807, 2.05) is 0 Å². The molecule has 0 aliphatic rings. The Hall–Kier alpha value is -1.16. The van der Waals surface area contributed by atoms with Gasteiger partial charge >= 0.3 is 0 Å². The number of halogens is 1. The van der Waals surface area contributed by atoms with Gasteiger partial charge in [0, 0.05) is 11.7 Å². The van der Waals surface area contributed by atoms with Gasteiger partial charge in [0.15, 0.2) is 5.11 Å². The van der Waals surface area contributed by atoms with Crippen molar-refractivity contribution in [3.63, 3.8) is 0 Å². The molecular formula is C12H17FN2S. The number of hydrogen-bond donors (Lipinski definition) is 2. The minimum absolute atomic E-state index is 0.250. The molecule has 1 aromatic carbocycles. The zero-order valence-electron chi connectivity index (χ0n) is 9.75. The molecule has 0 bridgehead atoms. The maximum Gasteiger partial charge on any atom is 0.170 e. The molecule has 0 fully saturated rings. The van der Waals surface area contributed by atoms with E-state index in [0.717, 1.165) is 5.69 Å². The van der Waals surface area contributed by atoms with E-state index >= 15 is 0 Å². The molecule has 0 radical (unpaired) electrons. The van der Waals surface area contributed by atoms with Crippen LogP contribution in [0.1, 0.15) is 20.8 Å². The number of benzene rings is 1. The molecule has 0 amide bonds. The molecule has 0 saturated carbocycles. The molecule has 0 saturated heterocycles. The summed E-state index contributed by atoms with van der Waals surface area (Å²) in [5.74, 6) is 0.257. The molecule has 0 spiro atoms. The summed E-state index contributed by atoms with van der Waals surface area (Å²) in [4.78, 5) is 0. The first-order valence-corrected chi connectivity index (χ1v) is 5.73. The fraction of sp³-hybridized carbons (Fsp3) is 0.417. The molecule has 0 aromatic heterocycles. The second-order valence-corrected chi connectivity index (χ2v) is 4.55. The number of nitrogens with one attached hydrogen (secondary N) is 2. The van der Waals surface area contributed by atoms with Crippen LogP contribution in [-0.2, 0) is 0 Å². The van der Waals surface area contributed by atoms with Crippen LogP contribution in [0, 0.1) is 11.7 Å². The first-order chi connectivity index (χ1) is 7.49. The predicted octanol–water partition coefficient (Wildman–Crippen LogP) is 3.16. The quantitative estimate of drug-likeness (QED) is 0.794. The molecule has 2 nitrogen and oxygen atoms in total. The van der Waals surface area contributed by atoms with Gasteiger partial charge in [-0.25, -0.2) is 4.39 Å². The number of anilines is 1. The maximum atomic E-state index is 12.7. The Bertz CT molecular complexity index is 349. The van der Waals surface area contributed by atoms with Gasteiger partial charge in [0.2, 0.25) is 0 Å². The van der Waals surface area contributed by atoms with E-state index in [1.165, 1.54) is 12.1 Å². The van der Waals surface area contributed by atoms with Crippen molar-refractivity contribution in [1.82, 2.24) is 5.32 Å². The molecule has 4 heteroatoms. The molecular weight excluding hydrogens is 223 g/mol. The topological polar surface area (TPSA) is 24.1 Å². The lowest BCUT2D eigenvalue weighted by molar-refractivity contribution is 0.489. The van der Waals surface area contributed by atoms with Crippen LogP contribution in [0.5, 0.6) is 0 Å². The first-order valence-electron chi connectivity index (χ1n) is 5.32. The third-order valence-corrected chi connectivity index (χ3v) is 2.68. The highest BCUT2D eigenvalue weighted by molar-refractivity contribution is 7.80. The Morgan fingerprint density at radius 2 is 1.75 bits per heavy atom. The highest BCUT2D eigenvalue weighted by Gasteiger charge is 2.07. The molecule has 2 N–H and O–H groups in total. The van der Waals surface area contributed by atoms with Gasteiger partial charge in [0.1, 0.15) is 5.82 Å². The summed E-state index contributed by atoms with van der Waals surface area (Å²) in [7, 11) is 0. The average molecular weight is 240 g/mol. The number of rotatable bonds is 3. The summed E-state index contributed by atoms with van der Waals surface area (Å²) in [6.07, 6.45) is 0. The summed E-state index contributed by atoms with van der Waals surface area (Å²) in [5.41, 5.74) is 0.787. The zero-order chi connectivity index (χ0) is 12.1. The van der Waals surface area contributed by atoms with Crippen molar-refractivity contribution in [2.24, 2.45) is 5.92 Å². The van der Waals surface area contributed by atoms with Crippen molar-refractivity contribution in [3.05, 3.63) is 30.1 Å². The minimum Gasteiger partial charge on any atom is -0.360 e. The average Bonchev–Trinajstić information content (AvgIpc) is 2.21. The first kappa shape index (κ1) is 12.9. The summed E-state index contributed by atoms with van der Waals surface area (Å²) in [5, 5.41) is 6.74. The molecule has 16 heavy (non-hydrogen) atoms. The smallest absolute Gasteiger partial charge is 0.170 e. The Morgan fingerprint density at radius 1 is 1.19 bits per heavy atom. The van der Waals surface area contributed by atoms with Gasteiger partial charge in [-0.1, -0.05) is 13.8 Å². The van der Waals surface area contributed by atoms with Gasteiger partial charge in [-0.15, -0.1) is 0 Å². The molecule has 1 aromatic rings. The molecule has 0 unspecified atom stereocenters. The van der Waals surface area contributed by atoms with Crippen molar-refractivity contribution in [1.29, 1.82) is 0 Å². The van der Waals surface area contributed by atoms with Crippen molar-refractivity contribution >= 4 is 23.0 Å². The summed E-state index contributed by atoms with van der Waals surface area (Å²) in [6.45, 7) is 6.32. The van der Waals surface area contributed by atoms with Gasteiger partial charge in [-0.3, -0.25) is 0 Å². The Labute approximate surface area is 101 Å². The van der Waals surface area contributed by atoms with Crippen LogP contribution in [0.25, 0.3) is 0 Å². The van der Waals surface area contributed by atoms with Crippen LogP contribution in [0.3, 0.4) is 0 Å². The monoisotopic (exact) mass is 240 g/mol. The van der Waals surface area contributed by atoms with E-state index in [1.54, 1.807) is 12.1 Å². The third kappa shape index (κ3) is 4.14. The van der Waals surface area contributed by atoms with Crippen LogP contribution in [-0.4, -0.2) is 11.2 Å². The van der Waals surface area contributed by atoms with Crippen LogP contribution < -0.4 is 10.6 Å². The van der Waals surface area contributed by atoms with Crippen molar-refractivity contribution in [3.8, 4) is 0 Å². The highest BCUT2D eigenvalue weighted by Crippen LogP contribution is 2.08. The third-order valence-electron chi connectivity index (χ3n) is 2.46. The van der Waals surface area contributed by atoms with Gasteiger partial charge in [-0.2, -0.15) is 0 Å². The van der Waals surface area contributed by atoms with Gasteiger partial charge in [0.25, 0.3) is 0 Å². The van der Waals surface area contributed by atoms with Crippen molar-refractivity contribution in [2.45, 2.75) is 26.8 Å². The van der Waals surface area contributed by atoms with E-state index in [2.05, 4.69) is 31.4 Å². The SMILES string of the molecule is CC(C)[C@@H](C)NC(=S)Nc1ccc(F)cc1. The van der Waals surface area contributed by atoms with E-state index in [4.69, 9.17) is 12.2 Å². The largest absolute Gasteiger partial charge is 0.360 e. The molecule has 88 valence electrons. The number of hydrogen-bond acceptors (Lipinski definition) is 1. The van der Waals surface area contributed by atoms with Gasteiger partial charge in [-0.05, 0) is 49.3 Å². The molecule has 0 aliphatic carbocycles. The zero-order valence-corrected chi connectivity index (χ0v) is 10.6. The fourth-order valence-electron chi connectivity index (χ4n) is 1.07. The highest BCUT2D eigenvalue weighted by atomic mass is 32.1. The van der Waals surface area contributed by atoms with E-state index < -0.39 is 0 Å². The van der Waals surface area contributed by atoms with Crippen LogP contribution in [0.15, 0.2) is 24.3 Å². The summed E-state index contributed by atoms with van der Waals surface area (Å²) in [6, 6.07) is 6.42. The second-order valence-electron chi connectivity index (χ2n) is 4.14. The lowest BCUT2D eigenvalue weighted by Gasteiger charge is -2.19. The van der Waals surface area contributed by atoms with Crippen molar-refractivity contribution in [2.75, 3.05) is 5.32 Å². The maximum absolute atomic E-state index is 12.7. The van der Waals surface area contributed by atoms with Crippen LogP contribution in [0.4, 0.5) is 10.1 Å². The Morgan fingerprint density at radius 3 is 2.25 bits per heavy atom. The lowest BCUT2D eigenvalue weighted by atomic mass is 10.1. The summed E-state index contributed by atoms with van der Waals surface area (Å²) < 4.78 is 12.7. The van der Waals surface area contributed by atoms with Gasteiger partial charge < -0.3 is 10.6 Å². The van der Waals surface area contributed by atoms with E-state index in [9.17, 15) is 4.39 Å². The van der Waals surface area contributed by atoms with E-state index in [-0.39, 0.29) is 5.82 Å². The van der Waals surface area contributed by atoms with Crippen LogP contribution >= 0.6 is 12.2 Å². The molecule has 0 heterocycles. The fourth-order valence-corrected chi connectivity index (χ4v) is 1.38. The van der Waals surface area contributed by atoms with Gasteiger partial charge in [0.05, 0.1) is 0 Å². The molecule has 1 rings (SSSR count). The number of thiocarbonyl (C=S) groups is 1.